The Bertz CT molecular complexity index is 1130. The zero-order chi connectivity index (χ0) is 20.7. The van der Waals surface area contributed by atoms with E-state index >= 15 is 0 Å². The Morgan fingerprint density at radius 3 is 2.76 bits per heavy atom. The molecule has 3 aromatic rings. The van der Waals surface area contributed by atoms with Crippen molar-refractivity contribution in [3.05, 3.63) is 55.9 Å². The van der Waals surface area contributed by atoms with E-state index in [1.54, 1.807) is 12.1 Å². The van der Waals surface area contributed by atoms with Gasteiger partial charge in [-0.1, -0.05) is 48.6 Å². The second-order valence-corrected chi connectivity index (χ2v) is 8.10. The van der Waals surface area contributed by atoms with Gasteiger partial charge < -0.3 is 20.7 Å². The molecule has 0 aliphatic carbocycles. The summed E-state index contributed by atoms with van der Waals surface area (Å²) >= 11 is 0.747. The number of thiazole rings is 1. The van der Waals surface area contributed by atoms with Gasteiger partial charge >= 0.3 is 4.87 Å². The van der Waals surface area contributed by atoms with Crippen LogP contribution in [0.3, 0.4) is 0 Å². The highest BCUT2D eigenvalue weighted by Gasteiger charge is 2.44. The third-order valence-electron chi connectivity index (χ3n) is 5.33. The van der Waals surface area contributed by atoms with Gasteiger partial charge in [-0.2, -0.15) is 4.98 Å². The number of ether oxygens (including phenoxy) is 1. The molecule has 0 radical (unpaired) electrons. The van der Waals surface area contributed by atoms with Gasteiger partial charge in [0.05, 0.1) is 18.3 Å². The summed E-state index contributed by atoms with van der Waals surface area (Å²) in [6.07, 6.45) is -2.32. The molecule has 5 atom stereocenters. The molecule has 1 aromatic carbocycles. The predicted molar refractivity (Wildman–Crippen MR) is 109 cm³/mol. The Balaban J connectivity index is 1.83. The zero-order valence-corrected chi connectivity index (χ0v) is 16.5. The number of nitrogens with zero attached hydrogens (tertiary/aromatic N) is 2. The Kier molecular flexibility index (Phi) is 5.26. The molecule has 0 unspecified atom stereocenters. The standard InChI is InChI=1S/C19H22N4O5S/c1-2-11(24)12-8-10(13(25)9-6-4-3-5-7-9)17(28-12)23-15-14(29-19(23)27)16(26)22-18(20)21-15/h3-7,10-13,17,24-25H,2,8H2,1H3,(H3,20,21,22,26)/t10-,11-,12-,13+,17+/m0/s1. The number of aliphatic hydroxyl groups excluding tert-OH is 2. The number of fused-ring (bicyclic) bond motifs is 1. The van der Waals surface area contributed by atoms with E-state index in [9.17, 15) is 19.8 Å². The molecule has 1 fully saturated rings. The third kappa shape index (κ3) is 3.48. The van der Waals surface area contributed by atoms with E-state index < -0.39 is 40.9 Å². The van der Waals surface area contributed by atoms with Crippen LogP contribution in [0.5, 0.6) is 0 Å². The minimum Gasteiger partial charge on any atom is -0.390 e. The highest BCUT2D eigenvalue weighted by molar-refractivity contribution is 7.16. The Hall–Kier alpha value is -2.53. The first-order valence-electron chi connectivity index (χ1n) is 9.38. The maximum atomic E-state index is 12.8. The molecule has 0 bridgehead atoms. The molecule has 4 rings (SSSR count). The zero-order valence-electron chi connectivity index (χ0n) is 15.7. The summed E-state index contributed by atoms with van der Waals surface area (Å²) in [5, 5.41) is 21.4. The summed E-state index contributed by atoms with van der Waals surface area (Å²) in [5.74, 6) is -0.640. The van der Waals surface area contributed by atoms with Crippen LogP contribution in [0.1, 0.15) is 37.7 Å². The summed E-state index contributed by atoms with van der Waals surface area (Å²) in [6.45, 7) is 1.83. The molecule has 9 nitrogen and oxygen atoms in total. The van der Waals surface area contributed by atoms with E-state index in [-0.39, 0.29) is 16.3 Å². The molecule has 0 saturated carbocycles. The molecule has 10 heteroatoms. The number of H-pyrrole nitrogens is 1. The van der Waals surface area contributed by atoms with Gasteiger partial charge in [0.2, 0.25) is 5.95 Å². The lowest BCUT2D eigenvalue weighted by molar-refractivity contribution is -0.0750. The SMILES string of the molecule is CC[C@H](O)[C@@H]1C[C@@H]([C@H](O)c2ccccc2)[C@H](n2c(=O)sc3c(=O)[nH]c(N)nc32)O1. The Labute approximate surface area is 169 Å². The van der Waals surface area contributed by atoms with Crippen LogP contribution in [0.25, 0.3) is 10.3 Å². The molecule has 0 amide bonds. The fraction of sp³-hybridized carbons (Fsp3) is 0.421. The second-order valence-electron chi connectivity index (χ2n) is 7.14. The number of nitrogens with one attached hydrogen (secondary N) is 1. The molecule has 3 heterocycles. The van der Waals surface area contributed by atoms with Crippen LogP contribution in [0, 0.1) is 5.92 Å². The maximum absolute atomic E-state index is 12.8. The van der Waals surface area contributed by atoms with Crippen molar-refractivity contribution in [1.82, 2.24) is 14.5 Å². The van der Waals surface area contributed by atoms with Gasteiger partial charge in [-0.15, -0.1) is 0 Å². The number of aromatic amines is 1. The number of hydrogen-bond acceptors (Lipinski definition) is 8. The first-order valence-corrected chi connectivity index (χ1v) is 10.2. The Morgan fingerprint density at radius 2 is 2.07 bits per heavy atom. The lowest BCUT2D eigenvalue weighted by atomic mass is 9.90. The van der Waals surface area contributed by atoms with E-state index in [1.807, 2.05) is 25.1 Å². The average molecular weight is 418 g/mol. The van der Waals surface area contributed by atoms with E-state index in [4.69, 9.17) is 10.5 Å². The van der Waals surface area contributed by atoms with Gasteiger partial charge in [0, 0.05) is 5.92 Å². The smallest absolute Gasteiger partial charge is 0.311 e. The van der Waals surface area contributed by atoms with Crippen molar-refractivity contribution in [1.29, 1.82) is 0 Å². The lowest BCUT2D eigenvalue weighted by Crippen LogP contribution is -2.28. The van der Waals surface area contributed by atoms with E-state index in [0.29, 0.717) is 18.4 Å². The largest absolute Gasteiger partial charge is 0.390 e. The van der Waals surface area contributed by atoms with Gasteiger partial charge in [-0.05, 0) is 18.4 Å². The molecular weight excluding hydrogens is 396 g/mol. The van der Waals surface area contributed by atoms with Crippen molar-refractivity contribution >= 4 is 27.6 Å². The van der Waals surface area contributed by atoms with Crippen LogP contribution < -0.4 is 16.2 Å². The van der Waals surface area contributed by atoms with Gasteiger partial charge in [0.1, 0.15) is 10.9 Å². The predicted octanol–water partition coefficient (Wildman–Crippen LogP) is 1.14. The first kappa shape index (κ1) is 19.8. The van der Waals surface area contributed by atoms with Crippen LogP contribution in [0.2, 0.25) is 0 Å². The number of nitrogen functional groups attached to an aromatic ring is 1. The van der Waals surface area contributed by atoms with Crippen molar-refractivity contribution in [2.45, 2.75) is 44.3 Å². The number of aromatic nitrogens is 3. The Morgan fingerprint density at radius 1 is 1.34 bits per heavy atom. The molecule has 1 saturated heterocycles. The average Bonchev–Trinajstić information content (AvgIpc) is 3.28. The van der Waals surface area contributed by atoms with Crippen molar-refractivity contribution in [2.24, 2.45) is 5.92 Å². The summed E-state index contributed by atoms with van der Waals surface area (Å²) in [5.41, 5.74) is 5.96. The number of rotatable bonds is 5. The molecule has 1 aliphatic heterocycles. The van der Waals surface area contributed by atoms with Crippen LogP contribution in [0.4, 0.5) is 5.95 Å². The van der Waals surface area contributed by atoms with E-state index in [1.165, 1.54) is 4.57 Å². The monoisotopic (exact) mass is 418 g/mol. The fourth-order valence-electron chi connectivity index (χ4n) is 3.84. The fourth-order valence-corrected chi connectivity index (χ4v) is 4.68. The number of nitrogens with two attached hydrogens (primary N) is 1. The summed E-state index contributed by atoms with van der Waals surface area (Å²) in [7, 11) is 0. The molecule has 154 valence electrons. The lowest BCUT2D eigenvalue weighted by Gasteiger charge is -2.24. The van der Waals surface area contributed by atoms with Crippen molar-refractivity contribution < 1.29 is 14.9 Å². The molecule has 29 heavy (non-hydrogen) atoms. The highest BCUT2D eigenvalue weighted by Crippen LogP contribution is 2.44. The van der Waals surface area contributed by atoms with Crippen molar-refractivity contribution in [3.63, 3.8) is 0 Å². The van der Waals surface area contributed by atoms with Crippen LogP contribution in [-0.2, 0) is 4.74 Å². The topological polar surface area (TPSA) is 143 Å². The number of benzene rings is 1. The highest BCUT2D eigenvalue weighted by atomic mass is 32.1. The quantitative estimate of drug-likeness (QED) is 0.486. The van der Waals surface area contributed by atoms with E-state index in [2.05, 4.69) is 9.97 Å². The van der Waals surface area contributed by atoms with E-state index in [0.717, 1.165) is 11.3 Å². The van der Waals surface area contributed by atoms with Gasteiger partial charge in [-0.3, -0.25) is 19.1 Å². The molecule has 1 aliphatic rings. The van der Waals surface area contributed by atoms with Gasteiger partial charge in [0.25, 0.3) is 5.56 Å². The normalized spacial score (nSPS) is 24.0. The summed E-state index contributed by atoms with van der Waals surface area (Å²) in [4.78, 5) is 31.0. The van der Waals surface area contributed by atoms with Crippen LogP contribution >= 0.6 is 11.3 Å². The first-order chi connectivity index (χ1) is 13.9. The van der Waals surface area contributed by atoms with Crippen molar-refractivity contribution in [2.75, 3.05) is 5.73 Å². The summed E-state index contributed by atoms with van der Waals surface area (Å²) < 4.78 is 7.46. The third-order valence-corrected chi connectivity index (χ3v) is 6.27. The number of anilines is 1. The van der Waals surface area contributed by atoms with Crippen LogP contribution in [0.15, 0.2) is 39.9 Å². The molecule has 2 aromatic heterocycles. The molecular formula is C19H22N4O5S. The van der Waals surface area contributed by atoms with Gasteiger partial charge in [0.15, 0.2) is 5.65 Å². The minimum absolute atomic E-state index is 0.114. The molecule has 5 N–H and O–H groups in total. The van der Waals surface area contributed by atoms with Crippen LogP contribution in [-0.4, -0.2) is 37.0 Å². The number of hydrogen-bond donors (Lipinski definition) is 4. The minimum atomic E-state index is -0.934. The second kappa shape index (κ2) is 7.71. The van der Waals surface area contributed by atoms with Crippen molar-refractivity contribution in [3.8, 4) is 0 Å². The summed E-state index contributed by atoms with van der Waals surface area (Å²) in [6, 6.07) is 9.06. The number of aliphatic hydroxyl groups is 2. The van der Waals surface area contributed by atoms with Gasteiger partial charge in [-0.25, -0.2) is 0 Å². The molecule has 0 spiro atoms. The maximum Gasteiger partial charge on any atom is 0.311 e.